The number of halogens is 4. The molecular weight excluding hydrogens is 323 g/mol. The van der Waals surface area contributed by atoms with E-state index in [1.165, 1.54) is 12.1 Å². The van der Waals surface area contributed by atoms with Gasteiger partial charge in [0.15, 0.2) is 5.78 Å². The lowest BCUT2D eigenvalue weighted by Crippen LogP contribution is -2.14. The van der Waals surface area contributed by atoms with Crippen molar-refractivity contribution in [3.05, 3.63) is 63.9 Å². The number of alkyl halides is 3. The van der Waals surface area contributed by atoms with Crippen LogP contribution in [0.15, 0.2) is 47.2 Å². The van der Waals surface area contributed by atoms with Crippen LogP contribution in [0.5, 0.6) is 0 Å². The Morgan fingerprint density at radius 3 is 2.58 bits per heavy atom. The maximum atomic E-state index is 12.8. The molecule has 0 saturated heterocycles. The number of benzene rings is 1. The standard InChI is InChI=1S/C13H7BrF3NO/c14-9-3-1-2-8(6-9)12(19)10-7-18-5-4-11(10)13(15,16)17/h1-7H. The molecule has 0 bridgehead atoms. The van der Waals surface area contributed by atoms with Crippen LogP contribution in [0, 0.1) is 0 Å². The second kappa shape index (κ2) is 5.13. The lowest BCUT2D eigenvalue weighted by atomic mass is 10.0. The minimum Gasteiger partial charge on any atom is -0.289 e. The number of ketones is 1. The molecular formula is C13H7BrF3NO. The number of aromatic nitrogens is 1. The second-order valence-electron chi connectivity index (χ2n) is 3.76. The minimum atomic E-state index is -4.58. The fraction of sp³-hybridized carbons (Fsp3) is 0.0769. The Kier molecular flexibility index (Phi) is 3.71. The molecule has 1 heterocycles. The molecule has 19 heavy (non-hydrogen) atoms. The lowest BCUT2D eigenvalue weighted by molar-refractivity contribution is -0.137. The number of nitrogens with zero attached hydrogens (tertiary/aromatic N) is 1. The highest BCUT2D eigenvalue weighted by Crippen LogP contribution is 2.32. The van der Waals surface area contributed by atoms with Gasteiger partial charge in [-0.3, -0.25) is 9.78 Å². The van der Waals surface area contributed by atoms with E-state index in [1.807, 2.05) is 0 Å². The monoisotopic (exact) mass is 329 g/mol. The van der Waals surface area contributed by atoms with Gasteiger partial charge in [-0.25, -0.2) is 0 Å². The molecule has 1 aromatic heterocycles. The molecule has 0 aliphatic heterocycles. The number of hydrogen-bond donors (Lipinski definition) is 0. The first-order chi connectivity index (χ1) is 8.89. The minimum absolute atomic E-state index is 0.174. The number of carbonyl (C=O) groups is 1. The van der Waals surface area contributed by atoms with Gasteiger partial charge in [0.1, 0.15) is 0 Å². The molecule has 0 N–H and O–H groups in total. The Labute approximate surface area is 115 Å². The van der Waals surface area contributed by atoms with E-state index in [1.54, 1.807) is 12.1 Å². The summed E-state index contributed by atoms with van der Waals surface area (Å²) >= 11 is 3.17. The zero-order chi connectivity index (χ0) is 14.0. The van der Waals surface area contributed by atoms with Gasteiger partial charge in [0.25, 0.3) is 0 Å². The topological polar surface area (TPSA) is 30.0 Å². The Bertz CT molecular complexity index is 625. The molecule has 0 unspecified atom stereocenters. The Morgan fingerprint density at radius 1 is 1.21 bits per heavy atom. The fourth-order valence-corrected chi connectivity index (χ4v) is 2.01. The van der Waals surface area contributed by atoms with Gasteiger partial charge in [-0.05, 0) is 18.2 Å². The molecule has 98 valence electrons. The summed E-state index contributed by atoms with van der Waals surface area (Å²) in [6.45, 7) is 0. The van der Waals surface area contributed by atoms with Crippen LogP contribution in [0.25, 0.3) is 0 Å². The summed E-state index contributed by atoms with van der Waals surface area (Å²) in [6.07, 6.45) is -2.63. The first-order valence-electron chi connectivity index (χ1n) is 5.21. The second-order valence-corrected chi connectivity index (χ2v) is 4.67. The molecule has 6 heteroatoms. The van der Waals surface area contributed by atoms with Crippen molar-refractivity contribution >= 4 is 21.7 Å². The summed E-state index contributed by atoms with van der Waals surface area (Å²) in [4.78, 5) is 15.7. The summed E-state index contributed by atoms with van der Waals surface area (Å²) < 4.78 is 39.1. The van der Waals surface area contributed by atoms with Crippen LogP contribution in [-0.4, -0.2) is 10.8 Å². The van der Waals surface area contributed by atoms with E-state index in [4.69, 9.17) is 0 Å². The van der Waals surface area contributed by atoms with Gasteiger partial charge in [0.2, 0.25) is 0 Å². The molecule has 0 atom stereocenters. The lowest BCUT2D eigenvalue weighted by Gasteiger charge is -2.11. The third-order valence-corrected chi connectivity index (χ3v) is 2.95. The molecule has 0 saturated carbocycles. The molecule has 0 fully saturated rings. The molecule has 0 aliphatic rings. The van der Waals surface area contributed by atoms with Crippen molar-refractivity contribution in [2.75, 3.05) is 0 Å². The van der Waals surface area contributed by atoms with Crippen molar-refractivity contribution in [2.45, 2.75) is 6.18 Å². The zero-order valence-electron chi connectivity index (χ0n) is 9.41. The molecule has 0 amide bonds. The average Bonchev–Trinajstić information content (AvgIpc) is 2.37. The molecule has 2 nitrogen and oxygen atoms in total. The summed E-state index contributed by atoms with van der Waals surface area (Å²) in [5, 5.41) is 0. The van der Waals surface area contributed by atoms with Crippen LogP contribution in [-0.2, 0) is 6.18 Å². The van der Waals surface area contributed by atoms with E-state index in [-0.39, 0.29) is 5.56 Å². The van der Waals surface area contributed by atoms with Crippen LogP contribution in [0.1, 0.15) is 21.5 Å². The van der Waals surface area contributed by atoms with Crippen molar-refractivity contribution in [3.8, 4) is 0 Å². The highest BCUT2D eigenvalue weighted by molar-refractivity contribution is 9.10. The fourth-order valence-electron chi connectivity index (χ4n) is 1.61. The van der Waals surface area contributed by atoms with Crippen molar-refractivity contribution < 1.29 is 18.0 Å². The average molecular weight is 330 g/mol. The zero-order valence-corrected chi connectivity index (χ0v) is 11.0. The van der Waals surface area contributed by atoms with Gasteiger partial charge in [-0.15, -0.1) is 0 Å². The Balaban J connectivity index is 2.51. The highest BCUT2D eigenvalue weighted by Gasteiger charge is 2.35. The quantitative estimate of drug-likeness (QED) is 0.776. The van der Waals surface area contributed by atoms with Crippen LogP contribution < -0.4 is 0 Å². The first-order valence-corrected chi connectivity index (χ1v) is 6.00. The van der Waals surface area contributed by atoms with Gasteiger partial charge in [0, 0.05) is 22.4 Å². The number of rotatable bonds is 2. The van der Waals surface area contributed by atoms with Crippen LogP contribution >= 0.6 is 15.9 Å². The normalized spacial score (nSPS) is 11.4. The van der Waals surface area contributed by atoms with E-state index < -0.39 is 23.1 Å². The summed E-state index contributed by atoms with van der Waals surface area (Å²) in [5.74, 6) is -0.707. The smallest absolute Gasteiger partial charge is 0.289 e. The van der Waals surface area contributed by atoms with Crippen LogP contribution in [0.4, 0.5) is 13.2 Å². The predicted octanol–water partition coefficient (Wildman–Crippen LogP) is 4.09. The summed E-state index contributed by atoms with van der Waals surface area (Å²) in [5.41, 5.74) is -1.26. The number of hydrogen-bond acceptors (Lipinski definition) is 2. The van der Waals surface area contributed by atoms with Crippen molar-refractivity contribution in [1.29, 1.82) is 0 Å². The molecule has 2 rings (SSSR count). The Hall–Kier alpha value is -1.69. The molecule has 0 radical (unpaired) electrons. The molecule has 2 aromatic rings. The van der Waals surface area contributed by atoms with Gasteiger partial charge in [0.05, 0.1) is 11.1 Å². The predicted molar refractivity (Wildman–Crippen MR) is 66.8 cm³/mol. The van der Waals surface area contributed by atoms with E-state index in [2.05, 4.69) is 20.9 Å². The van der Waals surface area contributed by atoms with Gasteiger partial charge in [-0.2, -0.15) is 13.2 Å². The molecule has 0 aliphatic carbocycles. The van der Waals surface area contributed by atoms with E-state index >= 15 is 0 Å². The third kappa shape index (κ3) is 3.01. The molecule has 0 spiro atoms. The third-order valence-electron chi connectivity index (χ3n) is 2.46. The molecule has 1 aromatic carbocycles. The maximum absolute atomic E-state index is 12.8. The maximum Gasteiger partial charge on any atom is 0.417 e. The summed E-state index contributed by atoms with van der Waals surface area (Å²) in [6, 6.07) is 6.99. The van der Waals surface area contributed by atoms with Gasteiger partial charge in [-0.1, -0.05) is 28.1 Å². The summed E-state index contributed by atoms with van der Waals surface area (Å²) in [7, 11) is 0. The number of pyridine rings is 1. The van der Waals surface area contributed by atoms with Crippen LogP contribution in [0.3, 0.4) is 0 Å². The Morgan fingerprint density at radius 2 is 1.95 bits per heavy atom. The van der Waals surface area contributed by atoms with E-state index in [9.17, 15) is 18.0 Å². The van der Waals surface area contributed by atoms with E-state index in [0.29, 0.717) is 4.47 Å². The SMILES string of the molecule is O=C(c1cccc(Br)c1)c1cnccc1C(F)(F)F. The largest absolute Gasteiger partial charge is 0.417 e. The van der Waals surface area contributed by atoms with Crippen LogP contribution in [0.2, 0.25) is 0 Å². The first kappa shape index (κ1) is 13.7. The van der Waals surface area contributed by atoms with Crippen molar-refractivity contribution in [2.24, 2.45) is 0 Å². The van der Waals surface area contributed by atoms with E-state index in [0.717, 1.165) is 18.5 Å². The van der Waals surface area contributed by atoms with Crippen molar-refractivity contribution in [1.82, 2.24) is 4.98 Å². The van der Waals surface area contributed by atoms with Crippen molar-refractivity contribution in [3.63, 3.8) is 0 Å². The number of carbonyl (C=O) groups excluding carboxylic acids is 1. The van der Waals surface area contributed by atoms with Gasteiger partial charge < -0.3 is 0 Å². The highest BCUT2D eigenvalue weighted by atomic mass is 79.9. The van der Waals surface area contributed by atoms with Gasteiger partial charge >= 0.3 is 6.18 Å².